The summed E-state index contributed by atoms with van der Waals surface area (Å²) >= 11 is 0. The van der Waals surface area contributed by atoms with Crippen LogP contribution >= 0.6 is 0 Å². The summed E-state index contributed by atoms with van der Waals surface area (Å²) < 4.78 is 31.9. The van der Waals surface area contributed by atoms with Crippen LogP contribution in [0.1, 0.15) is 51.0 Å². The number of quaternary nitrogens is 1. The SMILES string of the molecule is C=C(C[N+](C)(C)CCCCCCCC)c1ccccc1.O=S(=O)([O-])c1ccccc1. The first-order valence-electron chi connectivity index (χ1n) is 10.7. The van der Waals surface area contributed by atoms with Crippen LogP contribution in [0.4, 0.5) is 0 Å². The summed E-state index contributed by atoms with van der Waals surface area (Å²) in [7, 11) is 0.386. The molecular weight excluding hydrogens is 394 g/mol. The second kappa shape index (κ2) is 13.4. The molecule has 0 aromatic heterocycles. The molecule has 30 heavy (non-hydrogen) atoms. The predicted octanol–water partition coefficient (Wildman–Crippen LogP) is 5.73. The molecule has 0 saturated heterocycles. The van der Waals surface area contributed by atoms with E-state index in [9.17, 15) is 13.0 Å². The van der Waals surface area contributed by atoms with Crippen LogP contribution in [0.15, 0.2) is 72.1 Å². The molecular formula is C25H37NO3S. The number of hydrogen-bond acceptors (Lipinski definition) is 3. The first-order valence-corrected chi connectivity index (χ1v) is 12.1. The molecule has 0 spiro atoms. The monoisotopic (exact) mass is 431 g/mol. The van der Waals surface area contributed by atoms with Crippen molar-refractivity contribution in [3.8, 4) is 0 Å². The molecule has 0 amide bonds. The van der Waals surface area contributed by atoms with Gasteiger partial charge < -0.3 is 9.04 Å². The molecule has 5 heteroatoms. The molecule has 2 rings (SSSR count). The van der Waals surface area contributed by atoms with Gasteiger partial charge in [-0.2, -0.15) is 0 Å². The van der Waals surface area contributed by atoms with Gasteiger partial charge in [0.2, 0.25) is 0 Å². The zero-order valence-electron chi connectivity index (χ0n) is 18.7. The molecule has 2 aromatic carbocycles. The van der Waals surface area contributed by atoms with E-state index >= 15 is 0 Å². The third kappa shape index (κ3) is 11.3. The number of likely N-dealkylation sites (N-methyl/N-ethyl adjacent to an activating group) is 1. The Kier molecular flexibility index (Phi) is 11.6. The molecule has 0 aliphatic carbocycles. The van der Waals surface area contributed by atoms with Gasteiger partial charge in [-0.05, 0) is 30.5 Å². The molecule has 0 bridgehead atoms. The molecule has 0 N–H and O–H groups in total. The molecule has 4 nitrogen and oxygen atoms in total. The van der Waals surface area contributed by atoms with Gasteiger partial charge in [-0.15, -0.1) is 0 Å². The fraction of sp³-hybridized carbons (Fsp3) is 0.440. The van der Waals surface area contributed by atoms with Gasteiger partial charge in [0.1, 0.15) is 16.7 Å². The molecule has 2 aromatic rings. The molecule has 0 aliphatic rings. The average Bonchev–Trinajstić information content (AvgIpc) is 2.71. The zero-order valence-corrected chi connectivity index (χ0v) is 19.5. The largest absolute Gasteiger partial charge is 0.744 e. The van der Waals surface area contributed by atoms with Crippen LogP contribution in [0.2, 0.25) is 0 Å². The van der Waals surface area contributed by atoms with Crippen molar-refractivity contribution in [2.45, 2.75) is 50.3 Å². The Balaban J connectivity index is 0.000000375. The molecule has 0 unspecified atom stereocenters. The summed E-state index contributed by atoms with van der Waals surface area (Å²) in [5.41, 5.74) is 2.53. The topological polar surface area (TPSA) is 57.2 Å². The molecule has 166 valence electrons. The summed E-state index contributed by atoms with van der Waals surface area (Å²) in [6.45, 7) is 8.82. The van der Waals surface area contributed by atoms with Crippen molar-refractivity contribution < 1.29 is 17.5 Å². The first-order chi connectivity index (χ1) is 14.2. The summed E-state index contributed by atoms with van der Waals surface area (Å²) in [6, 6.07) is 17.8. The van der Waals surface area contributed by atoms with E-state index in [0.717, 1.165) is 11.0 Å². The average molecular weight is 432 g/mol. The highest BCUT2D eigenvalue weighted by Gasteiger charge is 2.16. The van der Waals surface area contributed by atoms with E-state index in [2.05, 4.69) is 57.9 Å². The van der Waals surface area contributed by atoms with Crippen molar-refractivity contribution in [2.24, 2.45) is 0 Å². The van der Waals surface area contributed by atoms with Crippen molar-refractivity contribution >= 4 is 15.7 Å². The molecule has 0 heterocycles. The smallest absolute Gasteiger partial charge is 0.124 e. The predicted molar refractivity (Wildman–Crippen MR) is 125 cm³/mol. The lowest BCUT2D eigenvalue weighted by Crippen LogP contribution is -2.41. The van der Waals surface area contributed by atoms with Crippen molar-refractivity contribution in [2.75, 3.05) is 27.2 Å². The summed E-state index contributed by atoms with van der Waals surface area (Å²) in [4.78, 5) is -0.185. The van der Waals surface area contributed by atoms with E-state index in [1.807, 2.05) is 0 Å². The maximum absolute atomic E-state index is 10.3. The minimum atomic E-state index is -4.25. The van der Waals surface area contributed by atoms with Crippen LogP contribution in [-0.4, -0.2) is 44.6 Å². The Morgan fingerprint density at radius 1 is 0.867 bits per heavy atom. The Hall–Kier alpha value is -1.95. The lowest BCUT2D eigenvalue weighted by molar-refractivity contribution is -0.883. The summed E-state index contributed by atoms with van der Waals surface area (Å²) in [5, 5.41) is 0. The summed E-state index contributed by atoms with van der Waals surface area (Å²) in [5.74, 6) is 0. The number of unbranched alkanes of at least 4 members (excludes halogenated alkanes) is 5. The quantitative estimate of drug-likeness (QED) is 0.259. The second-order valence-electron chi connectivity index (χ2n) is 8.32. The first kappa shape index (κ1) is 26.1. The van der Waals surface area contributed by atoms with Crippen molar-refractivity contribution in [1.29, 1.82) is 0 Å². The maximum Gasteiger partial charge on any atom is 0.124 e. The van der Waals surface area contributed by atoms with Crippen molar-refractivity contribution in [3.05, 3.63) is 72.8 Å². The normalized spacial score (nSPS) is 11.5. The van der Waals surface area contributed by atoms with E-state index in [1.54, 1.807) is 6.07 Å². The van der Waals surface area contributed by atoms with Gasteiger partial charge in [-0.25, -0.2) is 8.42 Å². The standard InChI is InChI=1S/C19H32N.C6H6O3S/c1-5-6-7-8-9-13-16-20(3,4)17-18(2)19-14-11-10-12-15-19;7-10(8,9)6-4-2-1-3-5-6/h10-12,14-15H,2,5-9,13,16-17H2,1,3-4H3;1-5H,(H,7,8,9)/q+1;/p-1. The van der Waals surface area contributed by atoms with Crippen LogP contribution in [-0.2, 0) is 10.1 Å². The van der Waals surface area contributed by atoms with Gasteiger partial charge in [-0.1, -0.05) is 87.7 Å². The van der Waals surface area contributed by atoms with Gasteiger partial charge in [0.25, 0.3) is 0 Å². The lowest BCUT2D eigenvalue weighted by atomic mass is 10.1. The van der Waals surface area contributed by atoms with E-state index in [0.29, 0.717) is 0 Å². The van der Waals surface area contributed by atoms with Gasteiger partial charge in [-0.3, -0.25) is 0 Å². The third-order valence-electron chi connectivity index (χ3n) is 4.95. The third-order valence-corrected chi connectivity index (χ3v) is 5.80. The Morgan fingerprint density at radius 2 is 1.37 bits per heavy atom. The van der Waals surface area contributed by atoms with Crippen LogP contribution in [0.3, 0.4) is 0 Å². The highest BCUT2D eigenvalue weighted by Crippen LogP contribution is 2.17. The van der Waals surface area contributed by atoms with Crippen LogP contribution in [0, 0.1) is 0 Å². The molecule has 0 saturated carbocycles. The van der Waals surface area contributed by atoms with E-state index in [-0.39, 0.29) is 4.90 Å². The number of benzene rings is 2. The highest BCUT2D eigenvalue weighted by molar-refractivity contribution is 7.85. The van der Waals surface area contributed by atoms with Gasteiger partial charge in [0.05, 0.1) is 25.5 Å². The Morgan fingerprint density at radius 3 is 1.87 bits per heavy atom. The van der Waals surface area contributed by atoms with E-state index in [4.69, 9.17) is 0 Å². The molecule has 0 aliphatic heterocycles. The van der Waals surface area contributed by atoms with Crippen molar-refractivity contribution in [1.82, 2.24) is 0 Å². The highest BCUT2D eigenvalue weighted by atomic mass is 32.2. The number of hydrogen-bond donors (Lipinski definition) is 0. The van der Waals surface area contributed by atoms with Crippen LogP contribution in [0.25, 0.3) is 5.57 Å². The lowest BCUT2D eigenvalue weighted by Gasteiger charge is -2.30. The zero-order chi connectivity index (χ0) is 22.5. The molecule has 0 fully saturated rings. The van der Waals surface area contributed by atoms with E-state index < -0.39 is 10.1 Å². The number of rotatable bonds is 11. The Bertz CT molecular complexity index is 831. The van der Waals surface area contributed by atoms with Gasteiger partial charge in [0, 0.05) is 5.57 Å². The fourth-order valence-electron chi connectivity index (χ4n) is 3.27. The molecule has 0 radical (unpaired) electrons. The molecule has 0 atom stereocenters. The fourth-order valence-corrected chi connectivity index (χ4v) is 3.76. The summed E-state index contributed by atoms with van der Waals surface area (Å²) in [6.07, 6.45) is 8.23. The minimum Gasteiger partial charge on any atom is -0.744 e. The maximum atomic E-state index is 10.3. The minimum absolute atomic E-state index is 0.185. The van der Waals surface area contributed by atoms with Gasteiger partial charge >= 0.3 is 0 Å². The van der Waals surface area contributed by atoms with Crippen LogP contribution in [0.5, 0.6) is 0 Å². The van der Waals surface area contributed by atoms with Gasteiger partial charge in [0.15, 0.2) is 0 Å². The second-order valence-corrected chi connectivity index (χ2v) is 9.70. The Labute approximate surface area is 183 Å². The van der Waals surface area contributed by atoms with Crippen LogP contribution < -0.4 is 0 Å². The number of nitrogens with zero attached hydrogens (tertiary/aromatic N) is 1. The van der Waals surface area contributed by atoms with E-state index in [1.165, 1.54) is 80.5 Å². The van der Waals surface area contributed by atoms with Crippen molar-refractivity contribution in [3.63, 3.8) is 0 Å².